The first kappa shape index (κ1) is 12.3. The molecule has 0 unspecified atom stereocenters. The fourth-order valence-corrected chi connectivity index (χ4v) is 0.0680. The minimum Gasteiger partial charge on any atom is -0.474 e. The van der Waals surface area contributed by atoms with E-state index in [4.69, 9.17) is 11.6 Å². The maximum absolute atomic E-state index is 5.34. The fraction of sp³-hybridized carbons (Fsp3) is 0.500. The van der Waals surface area contributed by atoms with Gasteiger partial charge in [-0.2, -0.15) is 0 Å². The molecule has 0 atom stereocenters. The number of alkyl halides is 1. The predicted octanol–water partition coefficient (Wildman–Crippen LogP) is 3.28. The van der Waals surface area contributed by atoms with Gasteiger partial charge in [-0.15, -0.1) is 11.6 Å². The third-order valence-electron chi connectivity index (χ3n) is 0.501. The quantitative estimate of drug-likeness (QED) is 0.458. The lowest BCUT2D eigenvalue weighted by molar-refractivity contribution is 0.406. The van der Waals surface area contributed by atoms with Gasteiger partial charge in [0.05, 0.1) is 12.5 Å². The van der Waals surface area contributed by atoms with Crippen LogP contribution in [0.2, 0.25) is 0 Å². The Kier molecular flexibility index (Phi) is 14.0. The molecule has 2 heteroatoms. The molecule has 0 heterocycles. The number of rotatable bonds is 3. The molecule has 0 aromatic rings. The molecule has 0 spiro atoms. The molecule has 0 radical (unpaired) electrons. The maximum atomic E-state index is 5.34. The summed E-state index contributed by atoms with van der Waals surface area (Å²) in [7, 11) is 0. The Balaban J connectivity index is -0.000000107. The Morgan fingerprint density at radius 2 is 1.80 bits per heavy atom. The number of hydrogen-bond donors (Lipinski definition) is 0. The van der Waals surface area contributed by atoms with Gasteiger partial charge in [0.1, 0.15) is 0 Å². The van der Waals surface area contributed by atoms with Crippen molar-refractivity contribution < 1.29 is 6.16 Å². The standard InChI is InChI=1S/C4H9Cl.C4H6O/c1-4(2)3-5;1-3-5-4-2/h4H,3H2,1-2H3;3-4H,1-2H2/p+1. The van der Waals surface area contributed by atoms with Gasteiger partial charge in [0.15, 0.2) is 0 Å². The summed E-state index contributed by atoms with van der Waals surface area (Å²) < 4.78 is 4.36. The fourth-order valence-electron chi connectivity index (χ4n) is 0.0680. The van der Waals surface area contributed by atoms with E-state index in [0.29, 0.717) is 5.92 Å². The zero-order chi connectivity index (χ0) is 8.41. The van der Waals surface area contributed by atoms with Crippen LogP contribution >= 0.6 is 11.6 Å². The second-order valence-corrected chi connectivity index (χ2v) is 2.33. The van der Waals surface area contributed by atoms with Crippen molar-refractivity contribution in [2.24, 2.45) is 5.92 Å². The summed E-state index contributed by atoms with van der Waals surface area (Å²) in [6.45, 7) is 10.7. The molecule has 10 heavy (non-hydrogen) atoms. The van der Waals surface area contributed by atoms with Crippen molar-refractivity contribution in [3.05, 3.63) is 25.7 Å². The Morgan fingerprint density at radius 1 is 1.50 bits per heavy atom. The van der Waals surface area contributed by atoms with Gasteiger partial charge in [0.2, 0.25) is 0 Å². The van der Waals surface area contributed by atoms with Crippen molar-refractivity contribution in [1.82, 2.24) is 0 Å². The zero-order valence-electron chi connectivity index (χ0n) is 7.64. The first-order chi connectivity index (χ1) is 4.68. The van der Waals surface area contributed by atoms with Crippen LogP contribution in [0.25, 0.3) is 0 Å². The molecule has 0 N–H and O–H groups in total. The van der Waals surface area contributed by atoms with E-state index in [-0.39, 0.29) is 1.43 Å². The Labute approximate surface area is 69.8 Å². The van der Waals surface area contributed by atoms with E-state index in [9.17, 15) is 0 Å². The monoisotopic (exact) mass is 163 g/mol. The van der Waals surface area contributed by atoms with Gasteiger partial charge in [-0.05, 0) is 5.92 Å². The molecule has 0 amide bonds. The van der Waals surface area contributed by atoms with Crippen molar-refractivity contribution in [3.8, 4) is 0 Å². The molecule has 0 aromatic carbocycles. The van der Waals surface area contributed by atoms with E-state index in [2.05, 4.69) is 31.7 Å². The third-order valence-corrected chi connectivity index (χ3v) is 1.12. The van der Waals surface area contributed by atoms with Crippen LogP contribution in [0.5, 0.6) is 0 Å². The lowest BCUT2D eigenvalue weighted by atomic mass is 10.3. The van der Waals surface area contributed by atoms with Crippen LogP contribution in [0, 0.1) is 5.92 Å². The Bertz CT molecular complexity index is 78.2. The van der Waals surface area contributed by atoms with Gasteiger partial charge in [-0.1, -0.05) is 27.0 Å². The first-order valence-corrected chi connectivity index (χ1v) is 3.65. The van der Waals surface area contributed by atoms with Crippen molar-refractivity contribution >= 4 is 11.6 Å². The molecule has 0 fully saturated rings. The van der Waals surface area contributed by atoms with Crippen LogP contribution in [-0.2, 0) is 4.74 Å². The van der Waals surface area contributed by atoms with Crippen molar-refractivity contribution in [2.45, 2.75) is 13.8 Å². The van der Waals surface area contributed by atoms with Gasteiger partial charge in [0, 0.05) is 5.88 Å². The van der Waals surface area contributed by atoms with Crippen molar-refractivity contribution in [1.29, 1.82) is 0 Å². The molecular weight excluding hydrogens is 148 g/mol. The van der Waals surface area contributed by atoms with Crippen LogP contribution in [-0.4, -0.2) is 5.88 Å². The minimum absolute atomic E-state index is 0. The average molecular weight is 164 g/mol. The van der Waals surface area contributed by atoms with E-state index < -0.39 is 0 Å². The molecule has 60 valence electrons. The van der Waals surface area contributed by atoms with E-state index >= 15 is 0 Å². The largest absolute Gasteiger partial charge is 1.00 e. The van der Waals surface area contributed by atoms with Gasteiger partial charge >= 0.3 is 1.43 Å². The zero-order valence-corrected chi connectivity index (χ0v) is 7.40. The highest BCUT2D eigenvalue weighted by molar-refractivity contribution is 6.17. The first-order valence-electron chi connectivity index (χ1n) is 3.12. The lowest BCUT2D eigenvalue weighted by Gasteiger charge is -1.88. The summed E-state index contributed by atoms with van der Waals surface area (Å²) in [5, 5.41) is 0. The van der Waals surface area contributed by atoms with Crippen molar-refractivity contribution in [2.75, 3.05) is 5.88 Å². The summed E-state index contributed by atoms with van der Waals surface area (Å²) in [6, 6.07) is 0. The summed E-state index contributed by atoms with van der Waals surface area (Å²) >= 11 is 5.34. The third kappa shape index (κ3) is 25.6. The second kappa shape index (κ2) is 11.4. The van der Waals surface area contributed by atoms with Crippen LogP contribution in [0.1, 0.15) is 15.3 Å². The molecule has 0 aliphatic heterocycles. The lowest BCUT2D eigenvalue weighted by Crippen LogP contribution is -1.83. The summed E-state index contributed by atoms with van der Waals surface area (Å²) in [4.78, 5) is 0. The van der Waals surface area contributed by atoms with Crippen LogP contribution < -0.4 is 0 Å². The molecule has 0 bridgehead atoms. The van der Waals surface area contributed by atoms with E-state index in [1.54, 1.807) is 0 Å². The highest BCUT2D eigenvalue weighted by atomic mass is 35.5. The number of halogens is 1. The van der Waals surface area contributed by atoms with Crippen molar-refractivity contribution in [3.63, 3.8) is 0 Å². The van der Waals surface area contributed by atoms with Gasteiger partial charge in [-0.25, -0.2) is 0 Å². The van der Waals surface area contributed by atoms with E-state index in [1.807, 2.05) is 0 Å². The van der Waals surface area contributed by atoms with Crippen LogP contribution in [0.3, 0.4) is 0 Å². The van der Waals surface area contributed by atoms with E-state index in [0.717, 1.165) is 5.88 Å². The normalized spacial score (nSPS) is 7.60. The molecule has 1 nitrogen and oxygen atoms in total. The molecule has 0 rings (SSSR count). The van der Waals surface area contributed by atoms with E-state index in [1.165, 1.54) is 12.5 Å². The molecule has 0 saturated carbocycles. The highest BCUT2D eigenvalue weighted by Crippen LogP contribution is 1.91. The van der Waals surface area contributed by atoms with Gasteiger partial charge in [-0.3, -0.25) is 0 Å². The molecule has 0 aliphatic carbocycles. The molecule has 0 aromatic heterocycles. The molecule has 0 saturated heterocycles. The summed E-state index contributed by atoms with van der Waals surface area (Å²) in [5.41, 5.74) is 0. The highest BCUT2D eigenvalue weighted by Gasteiger charge is 1.82. The van der Waals surface area contributed by atoms with Gasteiger partial charge < -0.3 is 4.74 Å². The second-order valence-electron chi connectivity index (χ2n) is 2.02. The smallest absolute Gasteiger partial charge is 0.474 e. The molecular formula is C8H16ClO+. The Hall–Kier alpha value is -0.430. The maximum Gasteiger partial charge on any atom is 1.00 e. The van der Waals surface area contributed by atoms with Gasteiger partial charge in [0.25, 0.3) is 0 Å². The SMILES string of the molecule is C=COC=C.CC(C)CCl.[H+]. The minimum atomic E-state index is 0. The molecule has 0 aliphatic rings. The summed E-state index contributed by atoms with van der Waals surface area (Å²) in [5.74, 6) is 1.43. The average Bonchev–Trinajstić information content (AvgIpc) is 1.91. The topological polar surface area (TPSA) is 9.23 Å². The van der Waals surface area contributed by atoms with Crippen LogP contribution in [0.15, 0.2) is 25.7 Å². The number of ether oxygens (including phenoxy) is 1. The predicted molar refractivity (Wildman–Crippen MR) is 48.1 cm³/mol. The van der Waals surface area contributed by atoms with Crippen LogP contribution in [0.4, 0.5) is 0 Å². The number of hydrogen-bond acceptors (Lipinski definition) is 1. The summed E-state index contributed by atoms with van der Waals surface area (Å²) in [6.07, 6.45) is 2.62. The Morgan fingerprint density at radius 3 is 1.80 bits per heavy atom.